The molecule has 0 N–H and O–H groups in total. The number of aromatic nitrogens is 2. The SMILES string of the molecule is O=c1c2ccc(F)cc2ncn1Cc1ccccc1[N+](=O)[O-]. The van der Waals surface area contributed by atoms with Crippen molar-refractivity contribution in [3.63, 3.8) is 0 Å². The minimum atomic E-state index is -0.496. The van der Waals surface area contributed by atoms with Gasteiger partial charge in [-0.1, -0.05) is 18.2 Å². The Balaban J connectivity index is 2.09. The van der Waals surface area contributed by atoms with Crippen molar-refractivity contribution in [3.8, 4) is 0 Å². The maximum atomic E-state index is 13.1. The number of hydrogen-bond acceptors (Lipinski definition) is 4. The Morgan fingerprint density at radius 3 is 2.77 bits per heavy atom. The Kier molecular flexibility index (Phi) is 3.38. The summed E-state index contributed by atoms with van der Waals surface area (Å²) < 4.78 is 14.4. The molecule has 0 aliphatic carbocycles. The van der Waals surface area contributed by atoms with E-state index in [2.05, 4.69) is 4.98 Å². The van der Waals surface area contributed by atoms with Crippen LogP contribution in [0.3, 0.4) is 0 Å². The molecule has 110 valence electrons. The van der Waals surface area contributed by atoms with Gasteiger partial charge in [-0.25, -0.2) is 9.37 Å². The minimum Gasteiger partial charge on any atom is -0.294 e. The van der Waals surface area contributed by atoms with Gasteiger partial charge in [-0.05, 0) is 12.1 Å². The summed E-state index contributed by atoms with van der Waals surface area (Å²) in [5, 5.41) is 11.3. The van der Waals surface area contributed by atoms with Crippen LogP contribution < -0.4 is 5.56 Å². The van der Waals surface area contributed by atoms with Gasteiger partial charge in [-0.3, -0.25) is 19.5 Å². The lowest BCUT2D eigenvalue weighted by molar-refractivity contribution is -0.385. The number of rotatable bonds is 3. The maximum Gasteiger partial charge on any atom is 0.274 e. The molecular formula is C15H10FN3O3. The van der Waals surface area contributed by atoms with Crippen LogP contribution in [0.5, 0.6) is 0 Å². The predicted molar refractivity (Wildman–Crippen MR) is 78.2 cm³/mol. The molecule has 0 amide bonds. The van der Waals surface area contributed by atoms with Crippen molar-refractivity contribution in [3.05, 3.63) is 80.6 Å². The molecule has 0 aliphatic heterocycles. The van der Waals surface area contributed by atoms with Crippen molar-refractivity contribution in [2.45, 2.75) is 6.54 Å². The Morgan fingerprint density at radius 2 is 2.00 bits per heavy atom. The molecule has 6 nitrogen and oxygen atoms in total. The number of nitro groups is 1. The second-order valence-electron chi connectivity index (χ2n) is 4.72. The van der Waals surface area contributed by atoms with Crippen LogP contribution in [0, 0.1) is 15.9 Å². The van der Waals surface area contributed by atoms with Crippen LogP contribution in [0.4, 0.5) is 10.1 Å². The number of hydrogen-bond donors (Lipinski definition) is 0. The van der Waals surface area contributed by atoms with E-state index in [1.165, 1.54) is 35.2 Å². The Labute approximate surface area is 123 Å². The fraction of sp³-hybridized carbons (Fsp3) is 0.0667. The number of fused-ring (bicyclic) bond motifs is 1. The lowest BCUT2D eigenvalue weighted by atomic mass is 10.1. The number of benzene rings is 2. The average molecular weight is 299 g/mol. The first kappa shape index (κ1) is 13.9. The van der Waals surface area contributed by atoms with Gasteiger partial charge in [0.25, 0.3) is 11.2 Å². The summed E-state index contributed by atoms with van der Waals surface area (Å²) in [7, 11) is 0. The molecule has 0 fully saturated rings. The monoisotopic (exact) mass is 299 g/mol. The molecular weight excluding hydrogens is 289 g/mol. The van der Waals surface area contributed by atoms with Crippen LogP contribution >= 0.6 is 0 Å². The van der Waals surface area contributed by atoms with Gasteiger partial charge in [0.15, 0.2) is 0 Å². The number of nitro benzene ring substituents is 1. The van der Waals surface area contributed by atoms with Gasteiger partial charge in [0, 0.05) is 17.7 Å². The van der Waals surface area contributed by atoms with Gasteiger partial charge in [0.1, 0.15) is 5.82 Å². The molecule has 2 aromatic carbocycles. The number of nitrogens with zero attached hydrogens (tertiary/aromatic N) is 3. The molecule has 0 aliphatic rings. The van der Waals surface area contributed by atoms with Crippen LogP contribution in [-0.4, -0.2) is 14.5 Å². The zero-order valence-corrected chi connectivity index (χ0v) is 11.3. The normalized spacial score (nSPS) is 10.8. The van der Waals surface area contributed by atoms with Crippen LogP contribution in [-0.2, 0) is 6.54 Å². The molecule has 0 unspecified atom stereocenters. The van der Waals surface area contributed by atoms with Crippen LogP contribution in [0.25, 0.3) is 10.9 Å². The largest absolute Gasteiger partial charge is 0.294 e. The summed E-state index contributed by atoms with van der Waals surface area (Å²) >= 11 is 0. The molecule has 0 spiro atoms. The molecule has 0 saturated carbocycles. The van der Waals surface area contributed by atoms with E-state index in [-0.39, 0.29) is 28.7 Å². The summed E-state index contributed by atoms with van der Waals surface area (Å²) in [5.41, 5.74) is 0.221. The average Bonchev–Trinajstić information content (AvgIpc) is 2.50. The van der Waals surface area contributed by atoms with E-state index in [0.717, 1.165) is 0 Å². The summed E-state index contributed by atoms with van der Waals surface area (Å²) in [6, 6.07) is 9.90. The third kappa shape index (κ3) is 2.44. The van der Waals surface area contributed by atoms with Gasteiger partial charge < -0.3 is 0 Å². The molecule has 22 heavy (non-hydrogen) atoms. The zero-order chi connectivity index (χ0) is 15.7. The Bertz CT molecular complexity index is 937. The summed E-state index contributed by atoms with van der Waals surface area (Å²) in [6.07, 6.45) is 1.26. The van der Waals surface area contributed by atoms with E-state index in [0.29, 0.717) is 5.56 Å². The number of halogens is 1. The topological polar surface area (TPSA) is 78.0 Å². The highest BCUT2D eigenvalue weighted by Gasteiger charge is 2.14. The third-order valence-electron chi connectivity index (χ3n) is 3.32. The van der Waals surface area contributed by atoms with Crippen molar-refractivity contribution in [1.82, 2.24) is 9.55 Å². The van der Waals surface area contributed by atoms with Crippen molar-refractivity contribution >= 4 is 16.6 Å². The van der Waals surface area contributed by atoms with Gasteiger partial charge in [-0.15, -0.1) is 0 Å². The summed E-state index contributed by atoms with van der Waals surface area (Å²) in [4.78, 5) is 26.9. The zero-order valence-electron chi connectivity index (χ0n) is 11.3. The molecule has 7 heteroatoms. The van der Waals surface area contributed by atoms with Gasteiger partial charge in [0.2, 0.25) is 0 Å². The van der Waals surface area contributed by atoms with Crippen LogP contribution in [0.1, 0.15) is 5.56 Å². The highest BCUT2D eigenvalue weighted by Crippen LogP contribution is 2.18. The highest BCUT2D eigenvalue weighted by atomic mass is 19.1. The van der Waals surface area contributed by atoms with Crippen molar-refractivity contribution in [2.24, 2.45) is 0 Å². The Hall–Kier alpha value is -3.09. The fourth-order valence-corrected chi connectivity index (χ4v) is 2.25. The standard InChI is InChI=1S/C15H10FN3O3/c16-11-5-6-12-13(7-11)17-9-18(15(12)20)8-10-3-1-2-4-14(10)19(21)22/h1-7,9H,8H2. The van der Waals surface area contributed by atoms with Crippen LogP contribution in [0.2, 0.25) is 0 Å². The molecule has 0 saturated heterocycles. The maximum absolute atomic E-state index is 13.1. The van der Waals surface area contributed by atoms with E-state index in [1.54, 1.807) is 18.2 Å². The van der Waals surface area contributed by atoms with Crippen molar-refractivity contribution in [1.29, 1.82) is 0 Å². The first-order valence-electron chi connectivity index (χ1n) is 6.43. The predicted octanol–water partition coefficient (Wildman–Crippen LogP) is 2.49. The first-order valence-corrected chi connectivity index (χ1v) is 6.43. The molecule has 0 bridgehead atoms. The lowest BCUT2D eigenvalue weighted by Crippen LogP contribution is -2.21. The number of para-hydroxylation sites is 1. The van der Waals surface area contributed by atoms with Gasteiger partial charge in [-0.2, -0.15) is 0 Å². The fourth-order valence-electron chi connectivity index (χ4n) is 2.25. The second-order valence-corrected chi connectivity index (χ2v) is 4.72. The molecule has 3 aromatic rings. The van der Waals surface area contributed by atoms with E-state index in [1.807, 2.05) is 0 Å². The van der Waals surface area contributed by atoms with E-state index in [9.17, 15) is 19.3 Å². The van der Waals surface area contributed by atoms with Crippen molar-refractivity contribution < 1.29 is 9.31 Å². The molecule has 0 atom stereocenters. The smallest absolute Gasteiger partial charge is 0.274 e. The summed E-state index contributed by atoms with van der Waals surface area (Å²) in [6.45, 7) is 0.0241. The first-order chi connectivity index (χ1) is 10.6. The molecule has 1 heterocycles. The molecule has 3 rings (SSSR count). The lowest BCUT2D eigenvalue weighted by Gasteiger charge is -2.07. The second kappa shape index (κ2) is 5.36. The van der Waals surface area contributed by atoms with Gasteiger partial charge in [0.05, 0.1) is 28.7 Å². The molecule has 1 aromatic heterocycles. The van der Waals surface area contributed by atoms with E-state index < -0.39 is 10.7 Å². The third-order valence-corrected chi connectivity index (χ3v) is 3.32. The minimum absolute atomic E-state index is 0.0241. The van der Waals surface area contributed by atoms with E-state index >= 15 is 0 Å². The van der Waals surface area contributed by atoms with Crippen LogP contribution in [0.15, 0.2) is 53.6 Å². The Morgan fingerprint density at radius 1 is 1.23 bits per heavy atom. The van der Waals surface area contributed by atoms with E-state index in [4.69, 9.17) is 0 Å². The quantitative estimate of drug-likeness (QED) is 0.550. The molecule has 0 radical (unpaired) electrons. The summed E-state index contributed by atoms with van der Waals surface area (Å²) in [5.74, 6) is -0.476. The van der Waals surface area contributed by atoms with Crippen molar-refractivity contribution in [2.75, 3.05) is 0 Å². The highest BCUT2D eigenvalue weighted by molar-refractivity contribution is 5.77. The van der Waals surface area contributed by atoms with Gasteiger partial charge >= 0.3 is 0 Å².